The number of anilines is 1. The van der Waals surface area contributed by atoms with Crippen LogP contribution < -0.4 is 20.6 Å². The molecule has 0 aliphatic heterocycles. The number of carboxylic acid groups (broad SMARTS) is 1. The van der Waals surface area contributed by atoms with Crippen LogP contribution in [0.15, 0.2) is 41.5 Å². The first-order valence-corrected chi connectivity index (χ1v) is 8.07. The quantitative estimate of drug-likeness (QED) is 0.440. The zero-order chi connectivity index (χ0) is 20.0. The van der Waals surface area contributed by atoms with Gasteiger partial charge < -0.3 is 20.0 Å². The van der Waals surface area contributed by atoms with E-state index in [1.54, 1.807) is 6.07 Å². The Hall–Kier alpha value is -3.10. The van der Waals surface area contributed by atoms with Crippen molar-refractivity contribution in [1.82, 2.24) is 5.43 Å². The number of carbonyl (C=O) groups is 3. The number of ether oxygens (including phenoxy) is 1. The molecule has 2 aromatic carbocycles. The van der Waals surface area contributed by atoms with Gasteiger partial charge in [0.25, 0.3) is 0 Å². The Kier molecular flexibility index (Phi) is 6.75. The number of methoxy groups -OCH3 is 1. The number of nitrogens with zero attached hydrogens (tertiary/aromatic N) is 1. The molecular formula is C17H12Cl2N3O5-. The number of hydrazone groups is 1. The van der Waals surface area contributed by atoms with Crippen LogP contribution in [0.1, 0.15) is 15.9 Å². The molecule has 2 aromatic rings. The highest BCUT2D eigenvalue weighted by molar-refractivity contribution is 6.45. The van der Waals surface area contributed by atoms with Gasteiger partial charge in [-0.05, 0) is 35.9 Å². The van der Waals surface area contributed by atoms with Gasteiger partial charge in [-0.3, -0.25) is 9.59 Å². The molecule has 0 radical (unpaired) electrons. The molecule has 10 heteroatoms. The predicted octanol–water partition coefficient (Wildman–Crippen LogP) is 1.45. The Balaban J connectivity index is 2.02. The van der Waals surface area contributed by atoms with Crippen molar-refractivity contribution in [3.8, 4) is 5.75 Å². The number of hydrogen-bond donors (Lipinski definition) is 2. The fraction of sp³-hybridized carbons (Fsp3) is 0.0588. The summed E-state index contributed by atoms with van der Waals surface area (Å²) in [5.74, 6) is -3.38. The van der Waals surface area contributed by atoms with E-state index >= 15 is 0 Å². The van der Waals surface area contributed by atoms with Crippen molar-refractivity contribution in [2.24, 2.45) is 5.10 Å². The number of carbonyl (C=O) groups excluding carboxylic acids is 3. The molecule has 2 N–H and O–H groups in total. The summed E-state index contributed by atoms with van der Waals surface area (Å²) in [4.78, 5) is 34.7. The van der Waals surface area contributed by atoms with Gasteiger partial charge in [-0.2, -0.15) is 5.10 Å². The minimum Gasteiger partial charge on any atom is -0.545 e. The van der Waals surface area contributed by atoms with E-state index in [4.69, 9.17) is 27.9 Å². The molecule has 8 nitrogen and oxygen atoms in total. The molecule has 27 heavy (non-hydrogen) atoms. The fourth-order valence-corrected chi connectivity index (χ4v) is 2.31. The summed E-state index contributed by atoms with van der Waals surface area (Å²) in [5, 5.41) is 17.3. The van der Waals surface area contributed by atoms with Crippen LogP contribution in [0.5, 0.6) is 5.75 Å². The maximum Gasteiger partial charge on any atom is 0.329 e. The minimum atomic E-state index is -1.43. The Labute approximate surface area is 163 Å². The molecule has 0 aliphatic rings. The normalized spacial score (nSPS) is 10.5. The van der Waals surface area contributed by atoms with Crippen LogP contribution in [0.25, 0.3) is 0 Å². The molecule has 0 spiro atoms. The molecule has 0 saturated heterocycles. The topological polar surface area (TPSA) is 120 Å². The number of aromatic carboxylic acids is 1. The first-order chi connectivity index (χ1) is 12.8. The summed E-state index contributed by atoms with van der Waals surface area (Å²) in [7, 11) is 1.32. The van der Waals surface area contributed by atoms with Gasteiger partial charge in [-0.15, -0.1) is 0 Å². The van der Waals surface area contributed by atoms with E-state index in [0.717, 1.165) is 6.21 Å². The highest BCUT2D eigenvalue weighted by Crippen LogP contribution is 2.29. The number of carboxylic acids is 1. The van der Waals surface area contributed by atoms with Gasteiger partial charge in [-0.1, -0.05) is 29.3 Å². The Bertz CT molecular complexity index is 931. The number of benzene rings is 2. The third kappa shape index (κ3) is 5.19. The van der Waals surface area contributed by atoms with Crippen molar-refractivity contribution < 1.29 is 24.2 Å². The molecule has 0 aromatic heterocycles. The first kappa shape index (κ1) is 20.2. The molecule has 0 fully saturated rings. The first-order valence-electron chi connectivity index (χ1n) is 7.31. The lowest BCUT2D eigenvalue weighted by Crippen LogP contribution is -2.32. The molecule has 2 rings (SSSR count). The number of halogens is 2. The van der Waals surface area contributed by atoms with Crippen molar-refractivity contribution in [3.63, 3.8) is 0 Å². The summed E-state index contributed by atoms with van der Waals surface area (Å²) in [6.45, 7) is 0. The van der Waals surface area contributed by atoms with Crippen molar-refractivity contribution in [2.45, 2.75) is 0 Å². The molecule has 0 heterocycles. The van der Waals surface area contributed by atoms with Gasteiger partial charge in [0.05, 0.1) is 35.0 Å². The van der Waals surface area contributed by atoms with Crippen LogP contribution in [0.2, 0.25) is 10.0 Å². The van der Waals surface area contributed by atoms with E-state index in [2.05, 4.69) is 10.4 Å². The van der Waals surface area contributed by atoms with Crippen LogP contribution in [0, 0.1) is 0 Å². The van der Waals surface area contributed by atoms with Gasteiger partial charge in [0.15, 0.2) is 0 Å². The zero-order valence-electron chi connectivity index (χ0n) is 13.8. The van der Waals surface area contributed by atoms with E-state index in [1.807, 2.05) is 5.43 Å². The molecule has 0 unspecified atom stereocenters. The van der Waals surface area contributed by atoms with Gasteiger partial charge >= 0.3 is 11.8 Å². The summed E-state index contributed by atoms with van der Waals surface area (Å²) in [6.07, 6.45) is 1.16. The Morgan fingerprint density at radius 2 is 1.89 bits per heavy atom. The SMILES string of the molecule is COc1ccc(/C=N\NC(=O)C(=O)Nc2cccc(Cl)c2Cl)cc1C(=O)[O-]. The monoisotopic (exact) mass is 408 g/mol. The van der Waals surface area contributed by atoms with E-state index < -0.39 is 17.8 Å². The second-order valence-corrected chi connectivity index (χ2v) is 5.79. The molecule has 0 atom stereocenters. The molecule has 140 valence electrons. The minimum absolute atomic E-state index is 0.0943. The van der Waals surface area contributed by atoms with Crippen molar-refractivity contribution in [3.05, 3.63) is 57.6 Å². The number of amides is 2. The number of hydrogen-bond acceptors (Lipinski definition) is 6. The largest absolute Gasteiger partial charge is 0.545 e. The summed E-state index contributed by atoms with van der Waals surface area (Å²) in [5.41, 5.74) is 2.34. The Morgan fingerprint density at radius 1 is 1.15 bits per heavy atom. The summed E-state index contributed by atoms with van der Waals surface area (Å²) in [6, 6.07) is 8.71. The average Bonchev–Trinajstić information content (AvgIpc) is 2.65. The summed E-state index contributed by atoms with van der Waals surface area (Å²) >= 11 is 11.7. The van der Waals surface area contributed by atoms with Gasteiger partial charge in [0, 0.05) is 5.56 Å². The van der Waals surface area contributed by atoms with E-state index in [1.165, 1.54) is 37.4 Å². The Morgan fingerprint density at radius 3 is 2.56 bits per heavy atom. The highest BCUT2D eigenvalue weighted by atomic mass is 35.5. The van der Waals surface area contributed by atoms with Crippen molar-refractivity contribution in [2.75, 3.05) is 12.4 Å². The van der Waals surface area contributed by atoms with Crippen LogP contribution in [0.3, 0.4) is 0 Å². The third-order valence-corrected chi connectivity index (χ3v) is 4.05. The van der Waals surface area contributed by atoms with Gasteiger partial charge in [0.1, 0.15) is 5.75 Å². The number of rotatable bonds is 5. The smallest absolute Gasteiger partial charge is 0.329 e. The maximum absolute atomic E-state index is 11.8. The van der Waals surface area contributed by atoms with E-state index in [-0.39, 0.29) is 27.0 Å². The fourth-order valence-electron chi connectivity index (χ4n) is 1.96. The van der Waals surface area contributed by atoms with E-state index in [9.17, 15) is 19.5 Å². The highest BCUT2D eigenvalue weighted by Gasteiger charge is 2.15. The summed E-state index contributed by atoms with van der Waals surface area (Å²) < 4.78 is 4.90. The third-order valence-electron chi connectivity index (χ3n) is 3.23. The molecule has 0 aliphatic carbocycles. The van der Waals surface area contributed by atoms with Gasteiger partial charge in [-0.25, -0.2) is 5.43 Å². The van der Waals surface area contributed by atoms with Gasteiger partial charge in [0.2, 0.25) is 0 Å². The van der Waals surface area contributed by atoms with E-state index in [0.29, 0.717) is 5.56 Å². The lowest BCUT2D eigenvalue weighted by molar-refractivity contribution is -0.255. The number of nitrogens with one attached hydrogen (secondary N) is 2. The zero-order valence-corrected chi connectivity index (χ0v) is 15.3. The van der Waals surface area contributed by atoms with Crippen LogP contribution in [-0.2, 0) is 9.59 Å². The average molecular weight is 409 g/mol. The standard InChI is InChI=1S/C17H13Cl2N3O5/c1-27-13-6-5-9(7-10(13)17(25)26)8-20-22-16(24)15(23)21-12-4-2-3-11(18)14(12)19/h2-8H,1H3,(H,21,23)(H,22,24)(H,25,26)/p-1/b20-8-. The maximum atomic E-state index is 11.8. The second kappa shape index (κ2) is 9.02. The van der Waals surface area contributed by atoms with Crippen LogP contribution in [-0.4, -0.2) is 31.1 Å². The molecule has 2 amide bonds. The van der Waals surface area contributed by atoms with Crippen LogP contribution >= 0.6 is 23.2 Å². The second-order valence-electron chi connectivity index (χ2n) is 5.00. The lowest BCUT2D eigenvalue weighted by Gasteiger charge is -2.09. The lowest BCUT2D eigenvalue weighted by atomic mass is 10.1. The predicted molar refractivity (Wildman–Crippen MR) is 98.2 cm³/mol. The van der Waals surface area contributed by atoms with Crippen molar-refractivity contribution >= 4 is 52.9 Å². The van der Waals surface area contributed by atoms with Crippen molar-refractivity contribution in [1.29, 1.82) is 0 Å². The molecule has 0 saturated carbocycles. The van der Waals surface area contributed by atoms with Crippen LogP contribution in [0.4, 0.5) is 5.69 Å². The molecular weight excluding hydrogens is 397 g/mol. The molecule has 0 bridgehead atoms.